The predicted octanol–water partition coefficient (Wildman–Crippen LogP) is -1.64. The SMILES string of the molecule is O=c1[nH]c(=O)n([C@@H]2O[C@H](CO)[C@@H](O)[C@@H]2O)cc1C=CCl. The Morgan fingerprint density at radius 3 is 2.65 bits per heavy atom. The van der Waals surface area contributed by atoms with E-state index in [1.54, 1.807) is 0 Å². The second-order valence-corrected chi connectivity index (χ2v) is 4.52. The number of hydrogen-bond donors (Lipinski definition) is 4. The van der Waals surface area contributed by atoms with E-state index >= 15 is 0 Å². The third-order valence-corrected chi connectivity index (χ3v) is 3.16. The molecule has 0 amide bonds. The Balaban J connectivity index is 2.46. The van der Waals surface area contributed by atoms with Crippen LogP contribution in [0.15, 0.2) is 21.3 Å². The molecule has 8 nitrogen and oxygen atoms in total. The molecule has 2 heterocycles. The second-order valence-electron chi connectivity index (χ2n) is 4.27. The highest BCUT2D eigenvalue weighted by Crippen LogP contribution is 2.27. The van der Waals surface area contributed by atoms with Crippen LogP contribution in [0.4, 0.5) is 0 Å². The number of ether oxygens (including phenoxy) is 1. The van der Waals surface area contributed by atoms with Gasteiger partial charge in [0.2, 0.25) is 0 Å². The number of halogens is 1. The first-order valence-corrected chi connectivity index (χ1v) is 6.18. The molecule has 4 atom stereocenters. The number of nitrogens with one attached hydrogen (secondary N) is 1. The summed E-state index contributed by atoms with van der Waals surface area (Å²) in [4.78, 5) is 25.3. The van der Waals surface area contributed by atoms with Crippen molar-refractivity contribution in [3.8, 4) is 0 Å². The summed E-state index contributed by atoms with van der Waals surface area (Å²) < 4.78 is 6.14. The van der Waals surface area contributed by atoms with Gasteiger partial charge in [0.15, 0.2) is 6.23 Å². The molecule has 0 saturated carbocycles. The van der Waals surface area contributed by atoms with Crippen LogP contribution in [-0.4, -0.2) is 49.8 Å². The number of nitrogens with zero attached hydrogens (tertiary/aromatic N) is 1. The van der Waals surface area contributed by atoms with Gasteiger partial charge in [-0.25, -0.2) is 4.79 Å². The number of aliphatic hydroxyl groups excluding tert-OH is 3. The quantitative estimate of drug-likeness (QED) is 0.531. The third kappa shape index (κ3) is 2.56. The Kier molecular flexibility index (Phi) is 4.41. The minimum Gasteiger partial charge on any atom is -0.394 e. The first kappa shape index (κ1) is 14.9. The van der Waals surface area contributed by atoms with Gasteiger partial charge in [-0.3, -0.25) is 14.3 Å². The fourth-order valence-electron chi connectivity index (χ4n) is 1.99. The smallest absolute Gasteiger partial charge is 0.330 e. The lowest BCUT2D eigenvalue weighted by atomic mass is 10.1. The number of rotatable bonds is 3. The molecule has 1 aliphatic rings. The fraction of sp³-hybridized carbons (Fsp3) is 0.455. The second kappa shape index (κ2) is 5.90. The monoisotopic (exact) mass is 304 g/mol. The molecule has 0 radical (unpaired) electrons. The highest BCUT2D eigenvalue weighted by atomic mass is 35.5. The van der Waals surface area contributed by atoms with Crippen LogP contribution >= 0.6 is 11.6 Å². The molecule has 1 aromatic heterocycles. The van der Waals surface area contributed by atoms with Crippen LogP contribution in [0.5, 0.6) is 0 Å². The van der Waals surface area contributed by atoms with E-state index < -0.39 is 42.4 Å². The van der Waals surface area contributed by atoms with E-state index in [4.69, 9.17) is 21.4 Å². The Hall–Kier alpha value is -1.45. The lowest BCUT2D eigenvalue weighted by Crippen LogP contribution is -2.38. The van der Waals surface area contributed by atoms with E-state index in [9.17, 15) is 19.8 Å². The topological polar surface area (TPSA) is 125 Å². The van der Waals surface area contributed by atoms with Crippen molar-refractivity contribution in [3.05, 3.63) is 38.1 Å². The number of H-pyrrole nitrogens is 1. The number of aromatic amines is 1. The molecule has 0 unspecified atom stereocenters. The molecule has 1 aliphatic heterocycles. The normalized spacial score (nSPS) is 30.2. The number of aromatic nitrogens is 2. The van der Waals surface area contributed by atoms with E-state index in [2.05, 4.69) is 0 Å². The largest absolute Gasteiger partial charge is 0.394 e. The summed E-state index contributed by atoms with van der Waals surface area (Å²) in [5, 5.41) is 28.5. The van der Waals surface area contributed by atoms with Crippen molar-refractivity contribution in [2.75, 3.05) is 6.61 Å². The molecule has 0 aliphatic carbocycles. The molecule has 9 heteroatoms. The lowest BCUT2D eigenvalue weighted by Gasteiger charge is -2.17. The minimum absolute atomic E-state index is 0.0809. The Morgan fingerprint density at radius 1 is 1.40 bits per heavy atom. The van der Waals surface area contributed by atoms with E-state index in [0.29, 0.717) is 0 Å². The third-order valence-electron chi connectivity index (χ3n) is 3.03. The molecule has 1 saturated heterocycles. The summed E-state index contributed by atoms with van der Waals surface area (Å²) in [7, 11) is 0. The molecular formula is C11H13ClN2O6. The van der Waals surface area contributed by atoms with Gasteiger partial charge in [-0.05, 0) is 6.08 Å². The van der Waals surface area contributed by atoms with Gasteiger partial charge >= 0.3 is 5.69 Å². The number of hydrogen-bond acceptors (Lipinski definition) is 6. The molecule has 2 rings (SSSR count). The summed E-state index contributed by atoms with van der Waals surface area (Å²) in [6, 6.07) is 0. The molecule has 1 fully saturated rings. The molecule has 20 heavy (non-hydrogen) atoms. The maximum absolute atomic E-state index is 11.7. The van der Waals surface area contributed by atoms with E-state index in [1.165, 1.54) is 6.08 Å². The molecular weight excluding hydrogens is 292 g/mol. The zero-order valence-corrected chi connectivity index (χ0v) is 10.9. The van der Waals surface area contributed by atoms with Crippen LogP contribution in [0.3, 0.4) is 0 Å². The zero-order chi connectivity index (χ0) is 14.9. The molecule has 4 N–H and O–H groups in total. The van der Waals surface area contributed by atoms with E-state index in [0.717, 1.165) is 16.3 Å². The Morgan fingerprint density at radius 2 is 2.10 bits per heavy atom. The fourth-order valence-corrected chi connectivity index (χ4v) is 2.12. The van der Waals surface area contributed by atoms with Gasteiger partial charge in [-0.2, -0.15) is 0 Å². The molecule has 0 spiro atoms. The van der Waals surface area contributed by atoms with E-state index in [1.807, 2.05) is 4.98 Å². The van der Waals surface area contributed by atoms with Crippen molar-refractivity contribution in [1.29, 1.82) is 0 Å². The average Bonchev–Trinajstić information content (AvgIpc) is 2.70. The zero-order valence-electron chi connectivity index (χ0n) is 10.1. The molecule has 1 aromatic rings. The van der Waals surface area contributed by atoms with Crippen LogP contribution in [-0.2, 0) is 4.74 Å². The summed E-state index contributed by atoms with van der Waals surface area (Å²) >= 11 is 5.38. The van der Waals surface area contributed by atoms with Gasteiger partial charge < -0.3 is 20.1 Å². The minimum atomic E-state index is -1.41. The Bertz CT molecular complexity index is 624. The first-order chi connectivity index (χ1) is 9.49. The van der Waals surface area contributed by atoms with Crippen LogP contribution in [0.1, 0.15) is 11.8 Å². The molecule has 0 aromatic carbocycles. The maximum Gasteiger partial charge on any atom is 0.330 e. The van der Waals surface area contributed by atoms with Gasteiger partial charge in [0, 0.05) is 11.7 Å². The standard InChI is InChI=1S/C11H13ClN2O6/c12-2-1-5-3-14(11(19)13-9(5)18)10-8(17)7(16)6(4-15)20-10/h1-3,6-8,10,15-17H,4H2,(H,13,18,19)/t6-,7-,8+,10-/m1/s1. The van der Waals surface area contributed by atoms with Gasteiger partial charge in [0.1, 0.15) is 18.3 Å². The van der Waals surface area contributed by atoms with Gasteiger partial charge in [-0.1, -0.05) is 11.6 Å². The van der Waals surface area contributed by atoms with Crippen molar-refractivity contribution in [3.63, 3.8) is 0 Å². The van der Waals surface area contributed by atoms with Crippen molar-refractivity contribution < 1.29 is 20.1 Å². The molecule has 0 bridgehead atoms. The summed E-state index contributed by atoms with van der Waals surface area (Å²) in [6.45, 7) is -0.513. The van der Waals surface area contributed by atoms with Crippen LogP contribution < -0.4 is 11.2 Å². The van der Waals surface area contributed by atoms with Gasteiger partial charge in [0.25, 0.3) is 5.56 Å². The highest BCUT2D eigenvalue weighted by Gasteiger charge is 2.43. The maximum atomic E-state index is 11.7. The highest BCUT2D eigenvalue weighted by molar-refractivity contribution is 6.27. The van der Waals surface area contributed by atoms with Crippen molar-refractivity contribution in [2.45, 2.75) is 24.5 Å². The molecule has 110 valence electrons. The lowest BCUT2D eigenvalue weighted by molar-refractivity contribution is -0.0550. The van der Waals surface area contributed by atoms with Crippen LogP contribution in [0.2, 0.25) is 0 Å². The predicted molar refractivity (Wildman–Crippen MR) is 69.2 cm³/mol. The van der Waals surface area contributed by atoms with E-state index in [-0.39, 0.29) is 5.56 Å². The summed E-state index contributed by atoms with van der Waals surface area (Å²) in [6.07, 6.45) is -2.56. The first-order valence-electron chi connectivity index (χ1n) is 5.74. The van der Waals surface area contributed by atoms with Gasteiger partial charge in [-0.15, -0.1) is 0 Å². The van der Waals surface area contributed by atoms with Crippen molar-refractivity contribution in [2.24, 2.45) is 0 Å². The summed E-state index contributed by atoms with van der Waals surface area (Å²) in [5.74, 6) is 0. The number of aliphatic hydroxyl groups is 3. The average molecular weight is 305 g/mol. The van der Waals surface area contributed by atoms with Crippen LogP contribution in [0, 0.1) is 0 Å². The Labute approximate surface area is 117 Å². The van der Waals surface area contributed by atoms with Crippen molar-refractivity contribution in [1.82, 2.24) is 9.55 Å². The van der Waals surface area contributed by atoms with Crippen LogP contribution in [0.25, 0.3) is 6.08 Å². The summed E-state index contributed by atoms with van der Waals surface area (Å²) in [5.41, 5.74) is -0.278. The van der Waals surface area contributed by atoms with Gasteiger partial charge in [0.05, 0.1) is 12.2 Å². The van der Waals surface area contributed by atoms with Crippen molar-refractivity contribution >= 4 is 17.7 Å².